The van der Waals surface area contributed by atoms with Crippen molar-refractivity contribution in [3.8, 4) is 6.07 Å². The van der Waals surface area contributed by atoms with Gasteiger partial charge in [-0.25, -0.2) is 5.84 Å². The average Bonchev–Trinajstić information content (AvgIpc) is 2.21. The van der Waals surface area contributed by atoms with Gasteiger partial charge in [0.25, 0.3) is 0 Å². The highest BCUT2D eigenvalue weighted by Crippen LogP contribution is 2.29. The molecule has 0 bridgehead atoms. The quantitative estimate of drug-likeness (QED) is 0.697. The van der Waals surface area contributed by atoms with E-state index in [9.17, 15) is 0 Å². The zero-order valence-corrected chi connectivity index (χ0v) is 9.07. The number of hydrogen-bond donors (Lipinski definition) is 1. The topological polar surface area (TPSA) is 53.0 Å². The highest BCUT2D eigenvalue weighted by atomic mass is 15.4. The molecule has 15 heavy (non-hydrogen) atoms. The molecule has 0 aromatic rings. The van der Waals surface area contributed by atoms with Crippen LogP contribution in [0.15, 0.2) is 48.4 Å². The summed E-state index contributed by atoms with van der Waals surface area (Å²) in [5.41, 5.74) is 1.23. The lowest BCUT2D eigenvalue weighted by atomic mass is 9.85. The van der Waals surface area contributed by atoms with Crippen LogP contribution in [0.1, 0.15) is 13.8 Å². The molecule has 78 valence electrons. The van der Waals surface area contributed by atoms with Gasteiger partial charge in [0.15, 0.2) is 0 Å². The zero-order chi connectivity index (χ0) is 11.5. The van der Waals surface area contributed by atoms with E-state index in [1.165, 1.54) is 5.01 Å². The first-order valence-corrected chi connectivity index (χ1v) is 4.69. The Morgan fingerprint density at radius 3 is 2.67 bits per heavy atom. The second kappa shape index (κ2) is 4.16. The molecule has 1 heterocycles. The fraction of sp³-hybridized carbons (Fsp3) is 0.250. The van der Waals surface area contributed by atoms with Gasteiger partial charge in [0.2, 0.25) is 0 Å². The van der Waals surface area contributed by atoms with Crippen molar-refractivity contribution in [2.75, 3.05) is 0 Å². The van der Waals surface area contributed by atoms with Gasteiger partial charge >= 0.3 is 0 Å². The van der Waals surface area contributed by atoms with E-state index in [1.807, 2.05) is 32.1 Å². The Bertz CT molecular complexity index is 392. The fourth-order valence-electron chi connectivity index (χ4n) is 1.23. The molecule has 3 nitrogen and oxygen atoms in total. The highest BCUT2D eigenvalue weighted by molar-refractivity contribution is 5.40. The summed E-state index contributed by atoms with van der Waals surface area (Å²) < 4.78 is 0. The Labute approximate surface area is 90.5 Å². The van der Waals surface area contributed by atoms with Crippen LogP contribution in [-0.2, 0) is 0 Å². The van der Waals surface area contributed by atoms with E-state index >= 15 is 0 Å². The standard InChI is InChI=1S/C12H15N3/c1-4-5-11-7-6-10(8-15(11)14)12(2,3)9-13/h4-8H,1,14H2,2-3H3/b11-5-. The lowest BCUT2D eigenvalue weighted by Gasteiger charge is -2.25. The maximum absolute atomic E-state index is 8.99. The molecular formula is C12H15N3. The Hall–Kier alpha value is -1.79. The minimum Gasteiger partial charge on any atom is -0.287 e. The maximum Gasteiger partial charge on any atom is 0.0780 e. The summed E-state index contributed by atoms with van der Waals surface area (Å²) in [5.74, 6) is 5.79. The summed E-state index contributed by atoms with van der Waals surface area (Å²) in [5, 5.41) is 10.5. The summed E-state index contributed by atoms with van der Waals surface area (Å²) in [7, 11) is 0. The van der Waals surface area contributed by atoms with Crippen molar-refractivity contribution in [3.05, 3.63) is 48.4 Å². The van der Waals surface area contributed by atoms with Crippen molar-refractivity contribution in [1.82, 2.24) is 5.01 Å². The molecule has 3 heteroatoms. The minimum absolute atomic E-state index is 0.520. The first-order valence-electron chi connectivity index (χ1n) is 4.69. The second-order valence-electron chi connectivity index (χ2n) is 3.89. The average molecular weight is 201 g/mol. The predicted molar refractivity (Wildman–Crippen MR) is 60.9 cm³/mol. The Kier molecular flexibility index (Phi) is 3.13. The van der Waals surface area contributed by atoms with Crippen LogP contribution in [0.2, 0.25) is 0 Å². The normalized spacial score (nSPS) is 18.7. The molecule has 0 spiro atoms. The third-order valence-electron chi connectivity index (χ3n) is 2.30. The van der Waals surface area contributed by atoms with Gasteiger partial charge in [0, 0.05) is 6.20 Å². The van der Waals surface area contributed by atoms with Gasteiger partial charge in [0.05, 0.1) is 17.2 Å². The number of hydrazine groups is 1. The van der Waals surface area contributed by atoms with Gasteiger partial charge in [0.1, 0.15) is 0 Å². The first-order chi connectivity index (χ1) is 7.01. The smallest absolute Gasteiger partial charge is 0.0780 e. The van der Waals surface area contributed by atoms with Crippen LogP contribution in [0.3, 0.4) is 0 Å². The molecule has 1 aliphatic heterocycles. The molecule has 2 N–H and O–H groups in total. The van der Waals surface area contributed by atoms with E-state index in [4.69, 9.17) is 11.1 Å². The Balaban J connectivity index is 3.00. The molecule has 0 atom stereocenters. The molecule has 0 fully saturated rings. The summed E-state index contributed by atoms with van der Waals surface area (Å²) >= 11 is 0. The largest absolute Gasteiger partial charge is 0.287 e. The van der Waals surface area contributed by atoms with E-state index < -0.39 is 5.41 Å². The zero-order valence-electron chi connectivity index (χ0n) is 9.07. The molecule has 0 aliphatic carbocycles. The van der Waals surface area contributed by atoms with E-state index in [1.54, 1.807) is 12.3 Å². The lowest BCUT2D eigenvalue weighted by Crippen LogP contribution is -2.28. The molecule has 0 saturated heterocycles. The van der Waals surface area contributed by atoms with E-state index in [0.29, 0.717) is 0 Å². The number of hydrogen-bond acceptors (Lipinski definition) is 3. The van der Waals surface area contributed by atoms with Gasteiger partial charge in [-0.15, -0.1) is 0 Å². The van der Waals surface area contributed by atoms with Gasteiger partial charge in [-0.2, -0.15) is 5.26 Å². The Morgan fingerprint density at radius 2 is 2.20 bits per heavy atom. The lowest BCUT2D eigenvalue weighted by molar-refractivity contribution is 0.478. The third-order valence-corrected chi connectivity index (χ3v) is 2.30. The predicted octanol–water partition coefficient (Wildman–Crippen LogP) is 2.24. The number of nitrogens with zero attached hydrogens (tertiary/aromatic N) is 2. The van der Waals surface area contributed by atoms with E-state index in [0.717, 1.165) is 11.3 Å². The van der Waals surface area contributed by atoms with E-state index in [2.05, 4.69) is 12.6 Å². The molecule has 1 aliphatic rings. The Morgan fingerprint density at radius 1 is 1.53 bits per heavy atom. The summed E-state index contributed by atoms with van der Waals surface area (Å²) in [6, 6.07) is 2.24. The van der Waals surface area contributed by atoms with Crippen LogP contribution < -0.4 is 5.84 Å². The van der Waals surface area contributed by atoms with Gasteiger partial charge in [-0.3, -0.25) is 5.01 Å². The summed E-state index contributed by atoms with van der Waals surface area (Å²) in [6.07, 6.45) is 9.02. The van der Waals surface area contributed by atoms with Gasteiger partial charge < -0.3 is 0 Å². The number of rotatable bonds is 2. The van der Waals surface area contributed by atoms with E-state index in [-0.39, 0.29) is 0 Å². The SMILES string of the molecule is C=C/C=C1/C=CC(C(C)(C)C#N)=CN1N. The van der Waals surface area contributed by atoms with Crippen molar-refractivity contribution in [2.45, 2.75) is 13.8 Å². The molecular weight excluding hydrogens is 186 g/mol. The monoisotopic (exact) mass is 201 g/mol. The second-order valence-corrected chi connectivity index (χ2v) is 3.89. The van der Waals surface area contributed by atoms with Crippen LogP contribution in [-0.4, -0.2) is 5.01 Å². The highest BCUT2D eigenvalue weighted by Gasteiger charge is 2.23. The van der Waals surface area contributed by atoms with Crippen LogP contribution in [0.5, 0.6) is 0 Å². The van der Waals surface area contributed by atoms with Crippen LogP contribution >= 0.6 is 0 Å². The molecule has 0 unspecified atom stereocenters. The molecule has 1 rings (SSSR count). The first kappa shape index (κ1) is 11.3. The van der Waals surface area contributed by atoms with Gasteiger partial charge in [-0.05, 0) is 31.6 Å². The third kappa shape index (κ3) is 2.36. The van der Waals surface area contributed by atoms with Gasteiger partial charge in [-0.1, -0.05) is 18.7 Å². The molecule has 0 radical (unpaired) electrons. The molecule has 0 aromatic carbocycles. The minimum atomic E-state index is -0.520. The van der Waals surface area contributed by atoms with Crippen LogP contribution in [0, 0.1) is 16.7 Å². The maximum atomic E-state index is 8.99. The van der Waals surface area contributed by atoms with Crippen molar-refractivity contribution >= 4 is 0 Å². The van der Waals surface area contributed by atoms with Crippen molar-refractivity contribution in [3.63, 3.8) is 0 Å². The number of nitrogens with two attached hydrogens (primary N) is 1. The summed E-state index contributed by atoms with van der Waals surface area (Å²) in [6.45, 7) is 7.33. The fourth-order valence-corrected chi connectivity index (χ4v) is 1.23. The number of allylic oxidation sites excluding steroid dienone is 5. The van der Waals surface area contributed by atoms with Crippen LogP contribution in [0.4, 0.5) is 0 Å². The van der Waals surface area contributed by atoms with Crippen molar-refractivity contribution in [2.24, 2.45) is 11.3 Å². The molecule has 0 saturated carbocycles. The van der Waals surface area contributed by atoms with Crippen molar-refractivity contribution in [1.29, 1.82) is 5.26 Å². The van der Waals surface area contributed by atoms with Crippen molar-refractivity contribution < 1.29 is 0 Å². The number of nitriles is 1. The molecule has 0 amide bonds. The molecule has 0 aromatic heterocycles. The summed E-state index contributed by atoms with van der Waals surface area (Å²) in [4.78, 5) is 0. The van der Waals surface area contributed by atoms with Crippen LogP contribution in [0.25, 0.3) is 0 Å².